The van der Waals surface area contributed by atoms with E-state index in [1.165, 1.54) is 49.5 Å². The van der Waals surface area contributed by atoms with Crippen LogP contribution >= 0.6 is 0 Å². The number of furan rings is 1. The molecule has 0 aliphatic heterocycles. The van der Waals surface area contributed by atoms with Crippen molar-refractivity contribution in [2.45, 2.75) is 0 Å². The number of para-hydroxylation sites is 1. The van der Waals surface area contributed by atoms with E-state index in [1.807, 2.05) is 0 Å². The van der Waals surface area contributed by atoms with Gasteiger partial charge in [-0.15, -0.1) is 0 Å². The normalized spacial score (nSPS) is 11.4. The summed E-state index contributed by atoms with van der Waals surface area (Å²) in [5.41, 5.74) is 16.7. The van der Waals surface area contributed by atoms with Crippen molar-refractivity contribution in [2.75, 3.05) is 4.90 Å². The summed E-state index contributed by atoms with van der Waals surface area (Å²) in [6.45, 7) is 0. The number of fused-ring (bicyclic) bond motifs is 6. The molecule has 12 aromatic rings. The smallest absolute Gasteiger partial charge is 0.143 e. The van der Waals surface area contributed by atoms with Gasteiger partial charge in [0.05, 0.1) is 5.69 Å². The van der Waals surface area contributed by atoms with Gasteiger partial charge in [0.25, 0.3) is 0 Å². The Labute approximate surface area is 372 Å². The molecule has 0 atom stereocenters. The SMILES string of the molecule is c1ccc(-c2ccc(-c3ccc(N(c4cccc(-c5ccc6ccccc6c5)c4)c4ccccc4-c4cccc5oc6c7ccccc7ccc6c45)cc3)cc2-c2ccccc2)cc1. The highest BCUT2D eigenvalue weighted by Crippen LogP contribution is 2.47. The second-order valence-corrected chi connectivity index (χ2v) is 16.4. The first-order chi connectivity index (χ1) is 31.7. The summed E-state index contributed by atoms with van der Waals surface area (Å²) in [7, 11) is 0. The highest BCUT2D eigenvalue weighted by atomic mass is 16.3. The Hall–Kier alpha value is -8.46. The van der Waals surface area contributed by atoms with Gasteiger partial charge in [-0.2, -0.15) is 0 Å². The van der Waals surface area contributed by atoms with Gasteiger partial charge in [0.15, 0.2) is 0 Å². The maximum Gasteiger partial charge on any atom is 0.143 e. The molecule has 2 nitrogen and oxygen atoms in total. The fourth-order valence-electron chi connectivity index (χ4n) is 9.55. The van der Waals surface area contributed by atoms with Crippen LogP contribution in [0.3, 0.4) is 0 Å². The Bertz CT molecular complexity index is 3660. The monoisotopic (exact) mass is 815 g/mol. The summed E-state index contributed by atoms with van der Waals surface area (Å²) < 4.78 is 6.70. The molecule has 0 fully saturated rings. The standard InChI is InChI=1S/C62H41NO/c1-3-16-44(17-4-1)53-37-34-50(41-58(53)45-18-5-2-6-19-45)43-31-35-51(36-32-43)63(52-23-13-22-48(40-52)49-30-29-42-15-7-8-21-47(42)39-49)59-27-12-11-25-55(59)56-26-14-28-60-61(56)57-38-33-46-20-9-10-24-54(46)62(57)64-60/h1-41H. The van der Waals surface area contributed by atoms with E-state index in [9.17, 15) is 0 Å². The Morgan fingerprint density at radius 3 is 1.70 bits per heavy atom. The molecular weight excluding hydrogens is 775 g/mol. The molecule has 11 aromatic carbocycles. The van der Waals surface area contributed by atoms with Gasteiger partial charge in [-0.25, -0.2) is 0 Å². The molecule has 0 aliphatic carbocycles. The van der Waals surface area contributed by atoms with Gasteiger partial charge in [0, 0.05) is 33.1 Å². The van der Waals surface area contributed by atoms with Crippen molar-refractivity contribution in [3.05, 3.63) is 249 Å². The number of rotatable bonds is 8. The van der Waals surface area contributed by atoms with Gasteiger partial charge in [0.1, 0.15) is 11.2 Å². The average molecular weight is 816 g/mol. The Morgan fingerprint density at radius 1 is 0.281 bits per heavy atom. The molecule has 0 aliphatic rings. The van der Waals surface area contributed by atoms with Gasteiger partial charge >= 0.3 is 0 Å². The molecule has 2 heteroatoms. The van der Waals surface area contributed by atoms with Gasteiger partial charge in [-0.1, -0.05) is 194 Å². The lowest BCUT2D eigenvalue weighted by Crippen LogP contribution is -2.11. The fourth-order valence-corrected chi connectivity index (χ4v) is 9.55. The predicted octanol–water partition coefficient (Wildman–Crippen LogP) is 17.7. The second kappa shape index (κ2) is 15.8. The third kappa shape index (κ3) is 6.61. The zero-order valence-electron chi connectivity index (χ0n) is 35.0. The molecule has 1 heterocycles. The summed E-state index contributed by atoms with van der Waals surface area (Å²) in [6, 6.07) is 89.7. The van der Waals surface area contributed by atoms with E-state index in [4.69, 9.17) is 4.42 Å². The predicted molar refractivity (Wildman–Crippen MR) is 271 cm³/mol. The van der Waals surface area contributed by atoms with E-state index < -0.39 is 0 Å². The van der Waals surface area contributed by atoms with Crippen molar-refractivity contribution in [1.82, 2.24) is 0 Å². The highest BCUT2D eigenvalue weighted by molar-refractivity contribution is 6.19. The molecule has 0 spiro atoms. The van der Waals surface area contributed by atoms with Crippen LogP contribution in [-0.4, -0.2) is 0 Å². The maximum atomic E-state index is 6.70. The minimum Gasteiger partial charge on any atom is -0.455 e. The zero-order chi connectivity index (χ0) is 42.4. The van der Waals surface area contributed by atoms with E-state index in [0.29, 0.717) is 0 Å². The van der Waals surface area contributed by atoms with Crippen LogP contribution in [0.2, 0.25) is 0 Å². The minimum atomic E-state index is 0.876. The number of nitrogens with zero attached hydrogens (tertiary/aromatic N) is 1. The molecule has 0 amide bonds. The summed E-state index contributed by atoms with van der Waals surface area (Å²) >= 11 is 0. The quantitative estimate of drug-likeness (QED) is 0.152. The Kier molecular flexibility index (Phi) is 9.20. The molecule has 0 N–H and O–H groups in total. The number of hydrogen-bond donors (Lipinski definition) is 0. The Morgan fingerprint density at radius 2 is 0.875 bits per heavy atom. The first kappa shape index (κ1) is 37.3. The lowest BCUT2D eigenvalue weighted by atomic mass is 9.91. The molecule has 0 radical (unpaired) electrons. The van der Waals surface area contributed by atoms with Crippen molar-refractivity contribution in [1.29, 1.82) is 0 Å². The lowest BCUT2D eigenvalue weighted by Gasteiger charge is -2.28. The molecule has 0 bridgehead atoms. The average Bonchev–Trinajstić information content (AvgIpc) is 3.77. The number of hydrogen-bond acceptors (Lipinski definition) is 2. The first-order valence-electron chi connectivity index (χ1n) is 21.9. The molecule has 0 saturated heterocycles. The van der Waals surface area contributed by atoms with Crippen LogP contribution in [0.15, 0.2) is 253 Å². The van der Waals surface area contributed by atoms with Crippen LogP contribution < -0.4 is 4.90 Å². The van der Waals surface area contributed by atoms with Crippen LogP contribution in [0.4, 0.5) is 17.1 Å². The number of benzene rings is 11. The van der Waals surface area contributed by atoms with Gasteiger partial charge in [-0.05, 0) is 121 Å². The van der Waals surface area contributed by atoms with Crippen LogP contribution in [0, 0.1) is 0 Å². The van der Waals surface area contributed by atoms with Crippen LogP contribution in [0.25, 0.3) is 99.1 Å². The highest BCUT2D eigenvalue weighted by Gasteiger charge is 2.22. The van der Waals surface area contributed by atoms with Crippen LogP contribution in [0.5, 0.6) is 0 Å². The van der Waals surface area contributed by atoms with Gasteiger partial charge in [-0.3, -0.25) is 0 Å². The van der Waals surface area contributed by atoms with Crippen LogP contribution in [0.1, 0.15) is 0 Å². The van der Waals surface area contributed by atoms with E-state index in [1.54, 1.807) is 0 Å². The number of anilines is 3. The van der Waals surface area contributed by atoms with Crippen molar-refractivity contribution >= 4 is 60.5 Å². The molecule has 300 valence electrons. The summed E-state index contributed by atoms with van der Waals surface area (Å²) in [4.78, 5) is 2.41. The third-order valence-corrected chi connectivity index (χ3v) is 12.7. The second-order valence-electron chi connectivity index (χ2n) is 16.4. The molecular formula is C62H41NO. The Balaban J connectivity index is 1.02. The zero-order valence-corrected chi connectivity index (χ0v) is 35.0. The largest absolute Gasteiger partial charge is 0.455 e. The third-order valence-electron chi connectivity index (χ3n) is 12.7. The van der Waals surface area contributed by atoms with Crippen LogP contribution in [-0.2, 0) is 0 Å². The van der Waals surface area contributed by atoms with E-state index in [0.717, 1.165) is 66.6 Å². The fraction of sp³-hybridized carbons (Fsp3) is 0. The van der Waals surface area contributed by atoms with Crippen molar-refractivity contribution in [2.24, 2.45) is 0 Å². The molecule has 1 aromatic heterocycles. The minimum absolute atomic E-state index is 0.876. The van der Waals surface area contributed by atoms with Crippen molar-refractivity contribution < 1.29 is 4.42 Å². The van der Waals surface area contributed by atoms with Crippen molar-refractivity contribution in [3.63, 3.8) is 0 Å². The molecule has 64 heavy (non-hydrogen) atoms. The van der Waals surface area contributed by atoms with Gasteiger partial charge in [0.2, 0.25) is 0 Å². The summed E-state index contributed by atoms with van der Waals surface area (Å²) in [6.07, 6.45) is 0. The van der Waals surface area contributed by atoms with E-state index >= 15 is 0 Å². The topological polar surface area (TPSA) is 16.4 Å². The lowest BCUT2D eigenvalue weighted by molar-refractivity contribution is 0.673. The van der Waals surface area contributed by atoms with E-state index in [2.05, 4.69) is 254 Å². The maximum absolute atomic E-state index is 6.70. The van der Waals surface area contributed by atoms with E-state index in [-0.39, 0.29) is 0 Å². The summed E-state index contributed by atoms with van der Waals surface area (Å²) in [5, 5.41) is 6.97. The molecule has 0 unspecified atom stereocenters. The summed E-state index contributed by atoms with van der Waals surface area (Å²) in [5.74, 6) is 0. The first-order valence-corrected chi connectivity index (χ1v) is 21.9. The van der Waals surface area contributed by atoms with Crippen molar-refractivity contribution in [3.8, 4) is 55.6 Å². The molecule has 12 rings (SSSR count). The van der Waals surface area contributed by atoms with Gasteiger partial charge < -0.3 is 9.32 Å². The molecule has 0 saturated carbocycles.